The molecule has 0 radical (unpaired) electrons. The van der Waals surface area contributed by atoms with Crippen LogP contribution in [0.2, 0.25) is 0 Å². The zero-order valence-corrected chi connectivity index (χ0v) is 18.9. The van der Waals surface area contributed by atoms with Gasteiger partial charge in [0, 0.05) is 16.0 Å². The van der Waals surface area contributed by atoms with E-state index in [0.717, 1.165) is 47.1 Å². The van der Waals surface area contributed by atoms with Gasteiger partial charge < -0.3 is 5.32 Å². The van der Waals surface area contributed by atoms with Gasteiger partial charge in [-0.2, -0.15) is 0 Å². The van der Waals surface area contributed by atoms with E-state index >= 15 is 0 Å². The van der Waals surface area contributed by atoms with E-state index in [0.29, 0.717) is 5.75 Å². The molecular formula is C23H27N3OS2. The lowest BCUT2D eigenvalue weighted by Crippen LogP contribution is -2.17. The highest BCUT2D eigenvalue weighted by atomic mass is 32.2. The van der Waals surface area contributed by atoms with Gasteiger partial charge in [-0.25, -0.2) is 9.97 Å². The molecule has 1 N–H and O–H groups in total. The van der Waals surface area contributed by atoms with Gasteiger partial charge in [0.1, 0.15) is 15.7 Å². The second-order valence-electron chi connectivity index (χ2n) is 7.46. The number of thiophene rings is 1. The van der Waals surface area contributed by atoms with Crippen LogP contribution in [0, 0.1) is 6.92 Å². The van der Waals surface area contributed by atoms with Crippen molar-refractivity contribution in [3.8, 4) is 0 Å². The highest BCUT2D eigenvalue weighted by Gasteiger charge is 2.21. The molecule has 2 aromatic heterocycles. The lowest BCUT2D eigenvalue weighted by atomic mass is 9.97. The molecule has 1 amide bonds. The Morgan fingerprint density at radius 2 is 1.86 bits per heavy atom. The largest absolute Gasteiger partial charge is 0.325 e. The van der Waals surface area contributed by atoms with Crippen LogP contribution in [0.3, 0.4) is 0 Å². The number of benzene rings is 1. The number of nitrogens with one attached hydrogen (secondary N) is 1. The topological polar surface area (TPSA) is 54.9 Å². The molecule has 0 bridgehead atoms. The minimum absolute atomic E-state index is 0.0270. The van der Waals surface area contributed by atoms with Crippen LogP contribution in [0.5, 0.6) is 0 Å². The van der Waals surface area contributed by atoms with Gasteiger partial charge >= 0.3 is 0 Å². The summed E-state index contributed by atoms with van der Waals surface area (Å²) in [6.45, 7) is 6.19. The second-order valence-corrected chi connectivity index (χ2v) is 9.51. The number of carbonyl (C=O) groups is 1. The first kappa shape index (κ1) is 20.4. The van der Waals surface area contributed by atoms with Gasteiger partial charge in [-0.1, -0.05) is 43.8 Å². The molecule has 152 valence electrons. The summed E-state index contributed by atoms with van der Waals surface area (Å²) < 4.78 is 0. The number of hydrogen-bond acceptors (Lipinski definition) is 5. The molecule has 4 rings (SSSR count). The standard InChI is InChI=1S/C23H27N3OS2/c1-4-15-9-8-10-16(5-2)21(15)26-19(27)13-28-22-20-17-11-6-7-12-18(17)29-23(20)25-14(3)24-22/h8-10H,4-7,11-13H2,1-3H3,(H,26,27). The Bertz CT molecular complexity index is 1040. The molecule has 0 fully saturated rings. The Hall–Kier alpha value is -1.92. The van der Waals surface area contributed by atoms with E-state index in [1.807, 2.05) is 18.3 Å². The van der Waals surface area contributed by atoms with Crippen molar-refractivity contribution in [1.29, 1.82) is 0 Å². The van der Waals surface area contributed by atoms with Gasteiger partial charge in [-0.3, -0.25) is 4.79 Å². The minimum atomic E-state index is 0.0270. The summed E-state index contributed by atoms with van der Waals surface area (Å²) in [6.07, 6.45) is 6.55. The normalized spacial score (nSPS) is 13.5. The third-order valence-electron chi connectivity index (χ3n) is 5.50. The molecule has 1 aromatic carbocycles. The fourth-order valence-corrected chi connectivity index (χ4v) is 6.31. The highest BCUT2D eigenvalue weighted by Crippen LogP contribution is 2.39. The fraction of sp³-hybridized carbons (Fsp3) is 0.435. The Labute approximate surface area is 180 Å². The number of amides is 1. The number of anilines is 1. The lowest BCUT2D eigenvalue weighted by Gasteiger charge is -2.14. The number of carbonyl (C=O) groups excluding carboxylic acids is 1. The molecule has 2 heterocycles. The summed E-state index contributed by atoms with van der Waals surface area (Å²) in [6, 6.07) is 6.26. The van der Waals surface area contributed by atoms with Gasteiger partial charge in [0.2, 0.25) is 5.91 Å². The van der Waals surface area contributed by atoms with E-state index in [-0.39, 0.29) is 5.91 Å². The number of aryl methyl sites for hydroxylation is 5. The summed E-state index contributed by atoms with van der Waals surface area (Å²) >= 11 is 3.35. The van der Waals surface area contributed by atoms with Crippen LogP contribution in [0.25, 0.3) is 10.2 Å². The van der Waals surface area contributed by atoms with E-state index in [1.165, 1.54) is 51.6 Å². The Morgan fingerprint density at radius 3 is 2.59 bits per heavy atom. The molecule has 4 nitrogen and oxygen atoms in total. The van der Waals surface area contributed by atoms with Crippen molar-refractivity contribution >= 4 is 44.9 Å². The Morgan fingerprint density at radius 1 is 1.14 bits per heavy atom. The van der Waals surface area contributed by atoms with Gasteiger partial charge in [0.25, 0.3) is 0 Å². The number of nitrogens with zero attached hydrogens (tertiary/aromatic N) is 2. The summed E-state index contributed by atoms with van der Waals surface area (Å²) in [4.78, 5) is 24.7. The molecule has 1 aliphatic carbocycles. The van der Waals surface area contributed by atoms with E-state index < -0.39 is 0 Å². The van der Waals surface area contributed by atoms with Gasteiger partial charge in [0.15, 0.2) is 0 Å². The number of fused-ring (bicyclic) bond motifs is 3. The molecule has 6 heteroatoms. The van der Waals surface area contributed by atoms with Crippen molar-refractivity contribution in [2.45, 2.75) is 64.3 Å². The smallest absolute Gasteiger partial charge is 0.234 e. The van der Waals surface area contributed by atoms with Crippen molar-refractivity contribution in [3.63, 3.8) is 0 Å². The quantitative estimate of drug-likeness (QED) is 0.404. The predicted molar refractivity (Wildman–Crippen MR) is 123 cm³/mol. The molecule has 3 aromatic rings. The number of thioether (sulfide) groups is 1. The fourth-order valence-electron chi connectivity index (χ4n) is 4.04. The molecule has 0 aliphatic heterocycles. The number of rotatable bonds is 6. The van der Waals surface area contributed by atoms with Gasteiger partial charge in [-0.05, 0) is 62.1 Å². The molecule has 0 unspecified atom stereocenters. The van der Waals surface area contributed by atoms with E-state index in [2.05, 4.69) is 42.3 Å². The van der Waals surface area contributed by atoms with Crippen LogP contribution < -0.4 is 5.32 Å². The first-order valence-corrected chi connectivity index (χ1v) is 12.2. The summed E-state index contributed by atoms with van der Waals surface area (Å²) in [5, 5.41) is 5.32. The van der Waals surface area contributed by atoms with Crippen molar-refractivity contribution < 1.29 is 4.79 Å². The number of hydrogen-bond donors (Lipinski definition) is 1. The lowest BCUT2D eigenvalue weighted by molar-refractivity contribution is -0.113. The molecule has 0 spiro atoms. The number of aromatic nitrogens is 2. The molecule has 1 aliphatic rings. The van der Waals surface area contributed by atoms with Crippen molar-refractivity contribution in [3.05, 3.63) is 45.6 Å². The van der Waals surface area contributed by atoms with Crippen LogP contribution >= 0.6 is 23.1 Å². The average Bonchev–Trinajstić information content (AvgIpc) is 3.10. The van der Waals surface area contributed by atoms with E-state index in [9.17, 15) is 4.79 Å². The van der Waals surface area contributed by atoms with E-state index in [1.54, 1.807) is 0 Å². The van der Waals surface area contributed by atoms with Crippen LogP contribution in [0.15, 0.2) is 23.2 Å². The van der Waals surface area contributed by atoms with Crippen LogP contribution in [0.1, 0.15) is 54.1 Å². The summed E-state index contributed by atoms with van der Waals surface area (Å²) in [7, 11) is 0. The first-order valence-electron chi connectivity index (χ1n) is 10.4. The SMILES string of the molecule is CCc1cccc(CC)c1NC(=O)CSc1nc(C)nc2sc3c(c12)CCCC3. The van der Waals surface area contributed by atoms with Crippen molar-refractivity contribution in [2.24, 2.45) is 0 Å². The van der Waals surface area contributed by atoms with Gasteiger partial charge in [-0.15, -0.1) is 11.3 Å². The van der Waals surface area contributed by atoms with E-state index in [4.69, 9.17) is 4.98 Å². The minimum Gasteiger partial charge on any atom is -0.325 e. The Balaban J connectivity index is 1.56. The third kappa shape index (κ3) is 4.19. The highest BCUT2D eigenvalue weighted by molar-refractivity contribution is 8.00. The number of para-hydroxylation sites is 1. The van der Waals surface area contributed by atoms with Crippen molar-refractivity contribution in [1.82, 2.24) is 9.97 Å². The monoisotopic (exact) mass is 425 g/mol. The summed E-state index contributed by atoms with van der Waals surface area (Å²) in [5.41, 5.74) is 4.79. The maximum atomic E-state index is 12.8. The zero-order valence-electron chi connectivity index (χ0n) is 17.3. The molecule has 0 saturated heterocycles. The molecule has 0 atom stereocenters. The first-order chi connectivity index (χ1) is 14.1. The average molecular weight is 426 g/mol. The maximum absolute atomic E-state index is 12.8. The second kappa shape index (κ2) is 8.84. The molecule has 0 saturated carbocycles. The maximum Gasteiger partial charge on any atom is 0.234 e. The van der Waals surface area contributed by atoms with Crippen LogP contribution in [-0.4, -0.2) is 21.6 Å². The molecule has 29 heavy (non-hydrogen) atoms. The van der Waals surface area contributed by atoms with Crippen LogP contribution in [-0.2, 0) is 30.5 Å². The zero-order chi connectivity index (χ0) is 20.4. The van der Waals surface area contributed by atoms with Crippen LogP contribution in [0.4, 0.5) is 5.69 Å². The Kier molecular flexibility index (Phi) is 6.20. The third-order valence-corrected chi connectivity index (χ3v) is 7.66. The predicted octanol–water partition coefficient (Wildman–Crippen LogP) is 5.73. The van der Waals surface area contributed by atoms with Crippen molar-refractivity contribution in [2.75, 3.05) is 11.1 Å². The molecular weight excluding hydrogens is 398 g/mol. The summed E-state index contributed by atoms with van der Waals surface area (Å²) in [5.74, 6) is 1.17. The van der Waals surface area contributed by atoms with Gasteiger partial charge in [0.05, 0.1) is 5.75 Å².